The highest BCUT2D eigenvalue weighted by Gasteiger charge is 2.26. The molecule has 0 spiro atoms. The van der Waals surface area contributed by atoms with E-state index >= 15 is 0 Å². The topological polar surface area (TPSA) is 69.6 Å². The van der Waals surface area contributed by atoms with E-state index in [1.54, 1.807) is 11.4 Å². The van der Waals surface area contributed by atoms with Crippen molar-refractivity contribution in [2.75, 3.05) is 18.0 Å². The van der Waals surface area contributed by atoms with Crippen LogP contribution in [0.3, 0.4) is 0 Å². The summed E-state index contributed by atoms with van der Waals surface area (Å²) < 4.78 is 0. The number of carbonyl (C=O) groups is 2. The van der Waals surface area contributed by atoms with Crippen molar-refractivity contribution in [1.82, 2.24) is 5.32 Å². The molecule has 1 aliphatic rings. The second-order valence-corrected chi connectivity index (χ2v) is 4.55. The lowest BCUT2D eigenvalue weighted by molar-refractivity contribution is -0.122. The van der Waals surface area contributed by atoms with Gasteiger partial charge in [0.25, 0.3) is 0 Å². The van der Waals surface area contributed by atoms with Crippen LogP contribution in [-0.4, -0.2) is 36.1 Å². The van der Waals surface area contributed by atoms with Crippen molar-refractivity contribution in [3.63, 3.8) is 0 Å². The first-order chi connectivity index (χ1) is 7.59. The molecule has 0 bridgehead atoms. The number of carboxylic acids is 1. The minimum Gasteiger partial charge on any atom is -0.477 e. The van der Waals surface area contributed by atoms with Gasteiger partial charge in [-0.15, -0.1) is 11.3 Å². The maximum absolute atomic E-state index is 11.5. The van der Waals surface area contributed by atoms with Crippen molar-refractivity contribution >= 4 is 28.9 Å². The molecule has 16 heavy (non-hydrogen) atoms. The summed E-state index contributed by atoms with van der Waals surface area (Å²) in [4.78, 5) is 24.4. The van der Waals surface area contributed by atoms with Gasteiger partial charge in [-0.25, -0.2) is 4.79 Å². The number of piperazine rings is 1. The van der Waals surface area contributed by atoms with E-state index in [1.165, 1.54) is 11.3 Å². The van der Waals surface area contributed by atoms with Gasteiger partial charge in [0.05, 0.1) is 0 Å². The summed E-state index contributed by atoms with van der Waals surface area (Å²) >= 11 is 1.18. The van der Waals surface area contributed by atoms with Gasteiger partial charge in [-0.05, 0) is 13.0 Å². The Kier molecular flexibility index (Phi) is 2.82. The first-order valence-corrected chi connectivity index (χ1v) is 5.83. The largest absolute Gasteiger partial charge is 0.477 e. The van der Waals surface area contributed by atoms with Crippen LogP contribution >= 0.6 is 11.3 Å². The predicted octanol–water partition coefficient (Wildman–Crippen LogP) is 0.771. The number of anilines is 1. The molecule has 1 aromatic heterocycles. The lowest BCUT2D eigenvalue weighted by Crippen LogP contribution is -2.53. The molecule has 1 saturated heterocycles. The molecule has 0 aliphatic carbocycles. The zero-order chi connectivity index (χ0) is 11.7. The fourth-order valence-corrected chi connectivity index (χ4v) is 2.46. The molecular formula is C10H12N2O3S. The number of carbonyl (C=O) groups excluding carboxylic acids is 1. The standard InChI is InChI=1S/C10H12N2O3S/c1-6-9(13)11-2-3-12(6)7-4-8(10(14)15)16-5-7/h4-6H,2-3H2,1H3,(H,11,13)(H,14,15). The molecule has 5 nitrogen and oxygen atoms in total. The summed E-state index contributed by atoms with van der Waals surface area (Å²) in [6.45, 7) is 3.12. The number of amides is 1. The van der Waals surface area contributed by atoms with Crippen LogP contribution in [0.2, 0.25) is 0 Å². The molecule has 1 unspecified atom stereocenters. The number of nitrogens with zero attached hydrogens (tertiary/aromatic N) is 1. The quantitative estimate of drug-likeness (QED) is 0.801. The van der Waals surface area contributed by atoms with Crippen LogP contribution in [-0.2, 0) is 4.79 Å². The van der Waals surface area contributed by atoms with Crippen molar-refractivity contribution in [1.29, 1.82) is 0 Å². The van der Waals surface area contributed by atoms with E-state index < -0.39 is 5.97 Å². The molecule has 1 atom stereocenters. The normalized spacial score (nSPS) is 20.7. The van der Waals surface area contributed by atoms with E-state index in [9.17, 15) is 9.59 Å². The van der Waals surface area contributed by atoms with E-state index in [4.69, 9.17) is 5.11 Å². The summed E-state index contributed by atoms with van der Waals surface area (Å²) in [6.07, 6.45) is 0. The van der Waals surface area contributed by atoms with Gasteiger partial charge in [0, 0.05) is 24.2 Å². The minimum atomic E-state index is -0.926. The molecule has 2 heterocycles. The molecular weight excluding hydrogens is 228 g/mol. The number of aromatic carboxylic acids is 1. The molecule has 1 aromatic rings. The van der Waals surface area contributed by atoms with Gasteiger partial charge in [0.2, 0.25) is 5.91 Å². The summed E-state index contributed by atoms with van der Waals surface area (Å²) in [5, 5.41) is 13.4. The molecule has 1 aliphatic heterocycles. The van der Waals surface area contributed by atoms with Crippen molar-refractivity contribution in [2.45, 2.75) is 13.0 Å². The Morgan fingerprint density at radius 2 is 2.44 bits per heavy atom. The summed E-state index contributed by atoms with van der Waals surface area (Å²) in [5.74, 6) is -0.945. The Hall–Kier alpha value is -1.56. The molecule has 6 heteroatoms. The number of hydrogen-bond donors (Lipinski definition) is 2. The highest BCUT2D eigenvalue weighted by atomic mass is 32.1. The number of thiophene rings is 1. The molecule has 1 fully saturated rings. The monoisotopic (exact) mass is 240 g/mol. The van der Waals surface area contributed by atoms with Crippen LogP contribution in [0.4, 0.5) is 5.69 Å². The zero-order valence-electron chi connectivity index (χ0n) is 8.77. The van der Waals surface area contributed by atoms with E-state index in [2.05, 4.69) is 5.32 Å². The van der Waals surface area contributed by atoms with Gasteiger partial charge in [0.1, 0.15) is 10.9 Å². The van der Waals surface area contributed by atoms with Crippen molar-refractivity contribution in [3.05, 3.63) is 16.3 Å². The first kappa shape index (κ1) is 10.9. The average Bonchev–Trinajstić information content (AvgIpc) is 2.71. The third-order valence-corrected chi connectivity index (χ3v) is 3.53. The highest BCUT2D eigenvalue weighted by Crippen LogP contribution is 2.25. The lowest BCUT2D eigenvalue weighted by Gasteiger charge is -2.33. The Bertz CT molecular complexity index is 429. The first-order valence-electron chi connectivity index (χ1n) is 4.96. The summed E-state index contributed by atoms with van der Waals surface area (Å²) in [5.41, 5.74) is 0.810. The maximum atomic E-state index is 11.5. The van der Waals surface area contributed by atoms with Crippen LogP contribution in [0.25, 0.3) is 0 Å². The van der Waals surface area contributed by atoms with Crippen LogP contribution in [0.1, 0.15) is 16.6 Å². The Balaban J connectivity index is 2.22. The van der Waals surface area contributed by atoms with E-state index in [0.717, 1.165) is 5.69 Å². The second kappa shape index (κ2) is 4.13. The van der Waals surface area contributed by atoms with Crippen molar-refractivity contribution in [3.8, 4) is 0 Å². The van der Waals surface area contributed by atoms with Crippen LogP contribution < -0.4 is 10.2 Å². The predicted molar refractivity (Wildman–Crippen MR) is 61.1 cm³/mol. The zero-order valence-corrected chi connectivity index (χ0v) is 9.58. The molecule has 2 rings (SSSR count). The minimum absolute atomic E-state index is 0.0191. The van der Waals surface area contributed by atoms with Gasteiger partial charge in [-0.3, -0.25) is 4.79 Å². The van der Waals surface area contributed by atoms with Crippen LogP contribution in [0, 0.1) is 0 Å². The highest BCUT2D eigenvalue weighted by molar-refractivity contribution is 7.12. The number of carboxylic acid groups (broad SMARTS) is 1. The maximum Gasteiger partial charge on any atom is 0.345 e. The smallest absolute Gasteiger partial charge is 0.345 e. The third kappa shape index (κ3) is 1.88. The van der Waals surface area contributed by atoms with Gasteiger partial charge in [-0.1, -0.05) is 0 Å². The third-order valence-electron chi connectivity index (χ3n) is 2.63. The molecule has 2 N–H and O–H groups in total. The van der Waals surface area contributed by atoms with Gasteiger partial charge >= 0.3 is 5.97 Å². The molecule has 1 amide bonds. The number of hydrogen-bond acceptors (Lipinski definition) is 4. The fourth-order valence-electron chi connectivity index (χ4n) is 1.72. The lowest BCUT2D eigenvalue weighted by atomic mass is 10.2. The van der Waals surface area contributed by atoms with E-state index in [0.29, 0.717) is 18.0 Å². The van der Waals surface area contributed by atoms with E-state index in [1.807, 2.05) is 11.8 Å². The van der Waals surface area contributed by atoms with Crippen LogP contribution in [0.5, 0.6) is 0 Å². The average molecular weight is 240 g/mol. The number of nitrogens with one attached hydrogen (secondary N) is 1. The second-order valence-electron chi connectivity index (χ2n) is 3.63. The molecule has 86 valence electrons. The van der Waals surface area contributed by atoms with Crippen molar-refractivity contribution < 1.29 is 14.7 Å². The fraction of sp³-hybridized carbons (Fsp3) is 0.400. The number of rotatable bonds is 2. The van der Waals surface area contributed by atoms with Gasteiger partial charge < -0.3 is 15.3 Å². The molecule has 0 saturated carbocycles. The molecule has 0 radical (unpaired) electrons. The summed E-state index contributed by atoms with van der Waals surface area (Å²) in [6, 6.07) is 1.37. The van der Waals surface area contributed by atoms with Crippen LogP contribution in [0.15, 0.2) is 11.4 Å². The van der Waals surface area contributed by atoms with Crippen molar-refractivity contribution in [2.24, 2.45) is 0 Å². The van der Waals surface area contributed by atoms with Gasteiger partial charge in [0.15, 0.2) is 0 Å². The Labute approximate surface area is 96.7 Å². The Morgan fingerprint density at radius 3 is 3.06 bits per heavy atom. The Morgan fingerprint density at radius 1 is 1.69 bits per heavy atom. The van der Waals surface area contributed by atoms with Gasteiger partial charge in [-0.2, -0.15) is 0 Å². The summed E-state index contributed by atoms with van der Waals surface area (Å²) in [7, 11) is 0. The van der Waals surface area contributed by atoms with E-state index in [-0.39, 0.29) is 11.9 Å². The molecule has 0 aromatic carbocycles. The SMILES string of the molecule is CC1C(=O)NCCN1c1csc(C(=O)O)c1.